The molecule has 6 heteroatoms. The van der Waals surface area contributed by atoms with Crippen LogP contribution in [0.15, 0.2) is 42.5 Å². The summed E-state index contributed by atoms with van der Waals surface area (Å²) >= 11 is 0. The molecular weight excluding hydrogens is 378 g/mol. The van der Waals surface area contributed by atoms with Crippen LogP contribution in [-0.2, 0) is 11.2 Å². The molecule has 6 nitrogen and oxygen atoms in total. The Morgan fingerprint density at radius 3 is 2.37 bits per heavy atom. The fourth-order valence-corrected chi connectivity index (χ4v) is 3.66. The van der Waals surface area contributed by atoms with Gasteiger partial charge in [0.05, 0.1) is 13.5 Å². The molecule has 1 heterocycles. The number of carbonyl (C=O) groups excluding carboxylic acids is 2. The van der Waals surface area contributed by atoms with Crippen molar-refractivity contribution in [2.24, 2.45) is 0 Å². The monoisotopic (exact) mass is 409 g/mol. The van der Waals surface area contributed by atoms with Gasteiger partial charge in [-0.2, -0.15) is 0 Å². The van der Waals surface area contributed by atoms with Crippen molar-refractivity contribution in [3.8, 4) is 5.75 Å². The largest absolute Gasteiger partial charge is 0.497 e. The summed E-state index contributed by atoms with van der Waals surface area (Å²) in [6.07, 6.45) is 0.464. The molecule has 2 aromatic carbocycles. The SMILES string of the molecule is COc1ccc(C(=O)NCCN2CCN(C(=O)Cc3cc(C)ccc3C)CC2)cc1. The Morgan fingerprint density at radius 2 is 1.70 bits per heavy atom. The van der Waals surface area contributed by atoms with Gasteiger partial charge in [0, 0.05) is 44.8 Å². The van der Waals surface area contributed by atoms with E-state index in [1.165, 1.54) is 11.1 Å². The van der Waals surface area contributed by atoms with Gasteiger partial charge in [-0.1, -0.05) is 23.8 Å². The summed E-state index contributed by atoms with van der Waals surface area (Å²) < 4.78 is 5.11. The van der Waals surface area contributed by atoms with Crippen molar-refractivity contribution in [3.63, 3.8) is 0 Å². The van der Waals surface area contributed by atoms with Gasteiger partial charge in [-0.3, -0.25) is 14.5 Å². The highest BCUT2D eigenvalue weighted by molar-refractivity contribution is 5.94. The summed E-state index contributed by atoms with van der Waals surface area (Å²) in [7, 11) is 1.60. The first-order chi connectivity index (χ1) is 14.5. The lowest BCUT2D eigenvalue weighted by Crippen LogP contribution is -2.50. The van der Waals surface area contributed by atoms with Gasteiger partial charge in [0.15, 0.2) is 0 Å². The van der Waals surface area contributed by atoms with Gasteiger partial charge in [0.1, 0.15) is 5.75 Å². The van der Waals surface area contributed by atoms with Crippen molar-refractivity contribution < 1.29 is 14.3 Å². The molecule has 160 valence electrons. The topological polar surface area (TPSA) is 61.9 Å². The number of ether oxygens (including phenoxy) is 1. The van der Waals surface area contributed by atoms with Gasteiger partial charge in [0.2, 0.25) is 5.91 Å². The van der Waals surface area contributed by atoms with Crippen molar-refractivity contribution in [2.75, 3.05) is 46.4 Å². The fourth-order valence-electron chi connectivity index (χ4n) is 3.66. The Labute approximate surface area is 178 Å². The number of methoxy groups -OCH3 is 1. The van der Waals surface area contributed by atoms with Gasteiger partial charge in [0.25, 0.3) is 5.91 Å². The highest BCUT2D eigenvalue weighted by Crippen LogP contribution is 2.14. The predicted octanol–water partition coefficient (Wildman–Crippen LogP) is 2.43. The van der Waals surface area contributed by atoms with Crippen LogP contribution >= 0.6 is 0 Å². The first-order valence-electron chi connectivity index (χ1n) is 10.4. The molecule has 30 heavy (non-hydrogen) atoms. The zero-order valence-electron chi connectivity index (χ0n) is 18.1. The molecule has 2 aromatic rings. The molecule has 1 fully saturated rings. The van der Waals surface area contributed by atoms with E-state index in [4.69, 9.17) is 4.74 Å². The zero-order valence-corrected chi connectivity index (χ0v) is 18.1. The number of benzene rings is 2. The lowest BCUT2D eigenvalue weighted by molar-refractivity contribution is -0.132. The Morgan fingerprint density at radius 1 is 1.00 bits per heavy atom. The van der Waals surface area contributed by atoms with Crippen LogP contribution in [0.25, 0.3) is 0 Å². The van der Waals surface area contributed by atoms with Crippen molar-refractivity contribution in [3.05, 3.63) is 64.7 Å². The van der Waals surface area contributed by atoms with E-state index < -0.39 is 0 Å². The fraction of sp³-hybridized carbons (Fsp3) is 0.417. The van der Waals surface area contributed by atoms with Crippen LogP contribution in [0.1, 0.15) is 27.0 Å². The van der Waals surface area contributed by atoms with E-state index in [2.05, 4.69) is 42.3 Å². The number of piperazine rings is 1. The molecule has 0 aromatic heterocycles. The summed E-state index contributed by atoms with van der Waals surface area (Å²) in [5, 5.41) is 2.96. The first-order valence-corrected chi connectivity index (χ1v) is 10.4. The van der Waals surface area contributed by atoms with Crippen molar-refractivity contribution in [1.82, 2.24) is 15.1 Å². The maximum absolute atomic E-state index is 12.7. The van der Waals surface area contributed by atoms with Gasteiger partial charge >= 0.3 is 0 Å². The zero-order chi connectivity index (χ0) is 21.5. The summed E-state index contributed by atoms with van der Waals surface area (Å²) in [4.78, 5) is 29.2. The molecule has 1 aliphatic heterocycles. The normalized spacial score (nSPS) is 14.4. The lowest BCUT2D eigenvalue weighted by Gasteiger charge is -2.35. The average Bonchev–Trinajstić information content (AvgIpc) is 2.76. The molecule has 0 saturated carbocycles. The second-order valence-corrected chi connectivity index (χ2v) is 7.81. The number of amides is 2. The Hall–Kier alpha value is -2.86. The van der Waals surface area contributed by atoms with E-state index in [9.17, 15) is 9.59 Å². The van der Waals surface area contributed by atoms with Crippen LogP contribution in [0.2, 0.25) is 0 Å². The molecule has 2 amide bonds. The van der Waals surface area contributed by atoms with Gasteiger partial charge in [-0.25, -0.2) is 0 Å². The van der Waals surface area contributed by atoms with Gasteiger partial charge in [-0.05, 0) is 49.2 Å². The summed E-state index contributed by atoms with van der Waals surface area (Å²) in [5.74, 6) is 0.840. The minimum absolute atomic E-state index is 0.0833. The Kier molecular flexibility index (Phi) is 7.46. The van der Waals surface area contributed by atoms with Crippen LogP contribution < -0.4 is 10.1 Å². The second-order valence-electron chi connectivity index (χ2n) is 7.81. The van der Waals surface area contributed by atoms with E-state index in [1.54, 1.807) is 31.4 Å². The maximum atomic E-state index is 12.7. The Bertz CT molecular complexity index is 872. The number of nitrogens with one attached hydrogen (secondary N) is 1. The third-order valence-electron chi connectivity index (χ3n) is 5.64. The number of rotatable bonds is 7. The number of carbonyl (C=O) groups is 2. The highest BCUT2D eigenvalue weighted by Gasteiger charge is 2.21. The molecule has 0 aliphatic carbocycles. The maximum Gasteiger partial charge on any atom is 0.251 e. The average molecular weight is 410 g/mol. The van der Waals surface area contributed by atoms with E-state index in [1.807, 2.05) is 4.90 Å². The number of aryl methyl sites for hydroxylation is 2. The highest BCUT2D eigenvalue weighted by atomic mass is 16.5. The minimum Gasteiger partial charge on any atom is -0.497 e. The van der Waals surface area contributed by atoms with Crippen molar-refractivity contribution >= 4 is 11.8 Å². The predicted molar refractivity (Wildman–Crippen MR) is 118 cm³/mol. The van der Waals surface area contributed by atoms with E-state index in [-0.39, 0.29) is 11.8 Å². The minimum atomic E-state index is -0.0833. The van der Waals surface area contributed by atoms with E-state index in [0.29, 0.717) is 18.5 Å². The van der Waals surface area contributed by atoms with Crippen molar-refractivity contribution in [2.45, 2.75) is 20.3 Å². The van der Waals surface area contributed by atoms with E-state index in [0.717, 1.165) is 44.0 Å². The first kappa shape index (κ1) is 21.8. The summed E-state index contributed by atoms with van der Waals surface area (Å²) in [6, 6.07) is 13.3. The number of hydrogen-bond acceptors (Lipinski definition) is 4. The molecule has 0 atom stereocenters. The molecule has 1 N–H and O–H groups in total. The quantitative estimate of drug-likeness (QED) is 0.763. The van der Waals surface area contributed by atoms with Crippen LogP contribution in [0.3, 0.4) is 0 Å². The van der Waals surface area contributed by atoms with Crippen LogP contribution in [0, 0.1) is 13.8 Å². The molecule has 1 saturated heterocycles. The summed E-state index contributed by atoms with van der Waals surface area (Å²) in [6.45, 7) is 8.60. The molecule has 1 aliphatic rings. The second kappa shape index (κ2) is 10.3. The standard InChI is InChI=1S/C24H31N3O3/c1-18-4-5-19(2)21(16-18)17-23(28)27-14-12-26(13-15-27)11-10-25-24(29)20-6-8-22(30-3)9-7-20/h4-9,16H,10-15,17H2,1-3H3,(H,25,29). The third-order valence-corrected chi connectivity index (χ3v) is 5.64. The van der Waals surface area contributed by atoms with Crippen LogP contribution in [-0.4, -0.2) is 68.0 Å². The van der Waals surface area contributed by atoms with E-state index >= 15 is 0 Å². The van der Waals surface area contributed by atoms with Gasteiger partial charge < -0.3 is 15.0 Å². The van der Waals surface area contributed by atoms with Crippen LogP contribution in [0.4, 0.5) is 0 Å². The summed E-state index contributed by atoms with van der Waals surface area (Å²) in [5.41, 5.74) is 4.09. The molecule has 0 unspecified atom stereocenters. The number of hydrogen-bond donors (Lipinski definition) is 1. The molecule has 0 radical (unpaired) electrons. The smallest absolute Gasteiger partial charge is 0.251 e. The number of nitrogens with zero attached hydrogens (tertiary/aromatic N) is 2. The molecule has 0 bridgehead atoms. The molecule has 0 spiro atoms. The molecule has 3 rings (SSSR count). The van der Waals surface area contributed by atoms with Gasteiger partial charge in [-0.15, -0.1) is 0 Å². The van der Waals surface area contributed by atoms with Crippen molar-refractivity contribution in [1.29, 1.82) is 0 Å². The molecular formula is C24H31N3O3. The third kappa shape index (κ3) is 5.83. The Balaban J connectivity index is 1.39. The van der Waals surface area contributed by atoms with Crippen LogP contribution in [0.5, 0.6) is 5.75 Å². The lowest BCUT2D eigenvalue weighted by atomic mass is 10.0.